The van der Waals surface area contributed by atoms with Gasteiger partial charge in [-0.05, 0) is 88.2 Å². The maximum Gasteiger partial charge on any atom is 0.410 e. The molecule has 4 heterocycles. The molecule has 9 heteroatoms. The average Bonchev–Trinajstić information content (AvgIpc) is 3.63. The van der Waals surface area contributed by atoms with E-state index >= 15 is 0 Å². The van der Waals surface area contributed by atoms with Gasteiger partial charge < -0.3 is 24.0 Å². The van der Waals surface area contributed by atoms with Crippen LogP contribution in [0.25, 0.3) is 0 Å². The number of hydrogen-bond donors (Lipinski definition) is 0. The van der Waals surface area contributed by atoms with E-state index in [-0.39, 0.29) is 35.0 Å². The van der Waals surface area contributed by atoms with Crippen LogP contribution in [0.1, 0.15) is 61.6 Å². The van der Waals surface area contributed by atoms with Crippen LogP contribution in [0, 0.1) is 11.7 Å². The third kappa shape index (κ3) is 3.88. The minimum absolute atomic E-state index is 0.174. The van der Waals surface area contributed by atoms with E-state index in [1.807, 2.05) is 11.8 Å². The van der Waals surface area contributed by atoms with Crippen LogP contribution in [0.2, 0.25) is 0 Å². The van der Waals surface area contributed by atoms with Gasteiger partial charge in [-0.25, -0.2) is 9.18 Å². The van der Waals surface area contributed by atoms with Crippen molar-refractivity contribution in [3.05, 3.63) is 47.6 Å². The van der Waals surface area contributed by atoms with E-state index in [0.29, 0.717) is 25.1 Å². The van der Waals surface area contributed by atoms with Crippen molar-refractivity contribution in [2.45, 2.75) is 62.9 Å². The van der Waals surface area contributed by atoms with Gasteiger partial charge in [0.15, 0.2) is 0 Å². The molecule has 0 radical (unpaired) electrons. The molecule has 8 nitrogen and oxygen atoms in total. The Balaban J connectivity index is 1.17. The molecule has 3 aliphatic heterocycles. The van der Waals surface area contributed by atoms with E-state index in [9.17, 15) is 14.0 Å². The van der Waals surface area contributed by atoms with Crippen LogP contribution in [0.15, 0.2) is 35.0 Å². The smallest absolute Gasteiger partial charge is 0.410 e. The number of amides is 2. The highest BCUT2D eigenvalue weighted by atomic mass is 19.1. The van der Waals surface area contributed by atoms with E-state index in [1.165, 1.54) is 18.7 Å². The minimum Gasteiger partial charge on any atom is -0.450 e. The van der Waals surface area contributed by atoms with Gasteiger partial charge in [-0.1, -0.05) is 5.16 Å². The summed E-state index contributed by atoms with van der Waals surface area (Å²) in [5.74, 6) is 0.210. The molecular formula is C27H33FN4O4. The van der Waals surface area contributed by atoms with Crippen molar-refractivity contribution in [2.75, 3.05) is 37.7 Å². The highest BCUT2D eigenvalue weighted by molar-refractivity contribution is 6.06. The maximum atomic E-state index is 14.4. The Morgan fingerprint density at radius 2 is 2.03 bits per heavy atom. The number of aromatic nitrogens is 1. The largest absolute Gasteiger partial charge is 0.450 e. The molecule has 4 aliphatic rings. The number of likely N-dealkylation sites (tertiary alicyclic amines) is 2. The quantitative estimate of drug-likeness (QED) is 0.634. The molecule has 0 bridgehead atoms. The maximum absolute atomic E-state index is 14.4. The summed E-state index contributed by atoms with van der Waals surface area (Å²) >= 11 is 0. The molecule has 2 amide bonds. The zero-order valence-electron chi connectivity index (χ0n) is 20.7. The number of ether oxygens (including phenoxy) is 1. The number of carbonyl (C=O) groups is 2. The standard InChI is InChI=1S/C27H33FN4O4/c1-2-35-26(34)31-11-3-4-18-14-20(16-23(18)31)30-12-8-27(9-13-30)17-32(25(33)24-7-10-29-36-24)22-6-5-19(28)15-21(22)27/h5-7,10,15,18,20,23H,2-4,8-9,11-14,16-17H2,1H3. The number of halogens is 1. The van der Waals surface area contributed by atoms with E-state index < -0.39 is 0 Å². The van der Waals surface area contributed by atoms with Crippen molar-refractivity contribution in [1.82, 2.24) is 15.0 Å². The van der Waals surface area contributed by atoms with E-state index in [4.69, 9.17) is 9.26 Å². The van der Waals surface area contributed by atoms with Crippen molar-refractivity contribution in [3.8, 4) is 0 Å². The van der Waals surface area contributed by atoms with Gasteiger partial charge in [0.2, 0.25) is 5.76 Å². The van der Waals surface area contributed by atoms with Crippen LogP contribution in [0.4, 0.5) is 14.9 Å². The van der Waals surface area contributed by atoms with Crippen LogP contribution >= 0.6 is 0 Å². The number of benzene rings is 1. The summed E-state index contributed by atoms with van der Waals surface area (Å²) < 4.78 is 24.8. The van der Waals surface area contributed by atoms with Crippen molar-refractivity contribution < 1.29 is 23.2 Å². The first-order valence-electron chi connectivity index (χ1n) is 13.2. The molecule has 1 aromatic carbocycles. The number of fused-ring (bicyclic) bond motifs is 3. The predicted octanol–water partition coefficient (Wildman–Crippen LogP) is 4.21. The zero-order valence-corrected chi connectivity index (χ0v) is 20.7. The molecule has 2 aromatic rings. The van der Waals surface area contributed by atoms with Crippen LogP contribution in [-0.2, 0) is 10.2 Å². The Bertz CT molecular complexity index is 1130. The number of carbonyl (C=O) groups excluding carboxylic acids is 2. The van der Waals surface area contributed by atoms with Gasteiger partial charge in [0, 0.05) is 42.3 Å². The van der Waals surface area contributed by atoms with Crippen LogP contribution in [-0.4, -0.2) is 71.8 Å². The summed E-state index contributed by atoms with van der Waals surface area (Å²) in [4.78, 5) is 32.0. The average molecular weight is 497 g/mol. The number of hydrogen-bond acceptors (Lipinski definition) is 6. The highest BCUT2D eigenvalue weighted by Crippen LogP contribution is 2.49. The first-order chi connectivity index (χ1) is 17.5. The Kier molecular flexibility index (Phi) is 5.98. The number of nitrogens with zero attached hydrogens (tertiary/aromatic N) is 4. The van der Waals surface area contributed by atoms with Crippen molar-refractivity contribution in [2.24, 2.45) is 5.92 Å². The molecule has 1 saturated carbocycles. The Morgan fingerprint density at radius 3 is 2.78 bits per heavy atom. The summed E-state index contributed by atoms with van der Waals surface area (Å²) in [6, 6.07) is 7.01. The summed E-state index contributed by atoms with van der Waals surface area (Å²) in [7, 11) is 0. The number of rotatable bonds is 3. The monoisotopic (exact) mass is 496 g/mol. The lowest BCUT2D eigenvalue weighted by molar-refractivity contribution is 0.0633. The fourth-order valence-electron chi connectivity index (χ4n) is 7.21. The van der Waals surface area contributed by atoms with E-state index in [0.717, 1.165) is 63.0 Å². The van der Waals surface area contributed by atoms with Gasteiger partial charge in [0.25, 0.3) is 5.91 Å². The molecular weight excluding hydrogens is 463 g/mol. The molecule has 1 aromatic heterocycles. The van der Waals surface area contributed by atoms with Gasteiger partial charge in [-0.3, -0.25) is 4.79 Å². The van der Waals surface area contributed by atoms with Crippen molar-refractivity contribution >= 4 is 17.7 Å². The summed E-state index contributed by atoms with van der Waals surface area (Å²) in [5, 5.41) is 3.68. The number of anilines is 1. The zero-order chi connectivity index (χ0) is 24.9. The van der Waals surface area contributed by atoms with Crippen molar-refractivity contribution in [3.63, 3.8) is 0 Å². The second kappa shape index (κ2) is 9.18. The van der Waals surface area contributed by atoms with Gasteiger partial charge in [0.05, 0.1) is 12.8 Å². The molecule has 1 spiro atoms. The topological polar surface area (TPSA) is 79.1 Å². The molecule has 192 valence electrons. The lowest BCUT2D eigenvalue weighted by Crippen LogP contribution is -2.49. The van der Waals surface area contributed by atoms with Crippen LogP contribution < -0.4 is 4.90 Å². The highest BCUT2D eigenvalue weighted by Gasteiger charge is 2.50. The lowest BCUT2D eigenvalue weighted by atomic mass is 9.74. The SMILES string of the molecule is CCOC(=O)N1CCCC2CC(N3CCC4(CC3)CN(C(=O)c3ccno3)c3ccc(F)cc34)CC21. The summed E-state index contributed by atoms with van der Waals surface area (Å²) in [6.07, 6.45) is 7.30. The van der Waals surface area contributed by atoms with Crippen LogP contribution in [0.5, 0.6) is 0 Å². The first-order valence-corrected chi connectivity index (χ1v) is 13.2. The van der Waals surface area contributed by atoms with Gasteiger partial charge in [-0.15, -0.1) is 0 Å². The van der Waals surface area contributed by atoms with Crippen LogP contribution in [0.3, 0.4) is 0 Å². The normalized spacial score (nSPS) is 27.2. The minimum atomic E-state index is -0.275. The molecule has 6 rings (SSSR count). The Hall–Kier alpha value is -2.94. The molecule has 2 saturated heterocycles. The first kappa shape index (κ1) is 23.5. The molecule has 1 aliphatic carbocycles. The van der Waals surface area contributed by atoms with E-state index in [1.54, 1.807) is 23.1 Å². The fraction of sp³-hybridized carbons (Fsp3) is 0.593. The molecule has 3 unspecified atom stereocenters. The molecule has 3 atom stereocenters. The third-order valence-electron chi connectivity index (χ3n) is 8.96. The number of piperidine rings is 2. The molecule has 0 N–H and O–H groups in total. The van der Waals surface area contributed by atoms with Gasteiger partial charge in [0.1, 0.15) is 5.82 Å². The second-order valence-electron chi connectivity index (χ2n) is 10.7. The molecule has 36 heavy (non-hydrogen) atoms. The third-order valence-corrected chi connectivity index (χ3v) is 8.96. The second-order valence-corrected chi connectivity index (χ2v) is 10.7. The predicted molar refractivity (Wildman–Crippen MR) is 130 cm³/mol. The molecule has 3 fully saturated rings. The van der Waals surface area contributed by atoms with Gasteiger partial charge >= 0.3 is 6.09 Å². The fourth-order valence-corrected chi connectivity index (χ4v) is 7.21. The Labute approximate surface area is 210 Å². The summed E-state index contributed by atoms with van der Waals surface area (Å²) in [6.45, 7) is 5.35. The van der Waals surface area contributed by atoms with Crippen molar-refractivity contribution in [1.29, 1.82) is 0 Å². The lowest BCUT2D eigenvalue weighted by Gasteiger charge is -2.42. The van der Waals surface area contributed by atoms with E-state index in [2.05, 4.69) is 10.1 Å². The Morgan fingerprint density at radius 1 is 1.19 bits per heavy atom. The van der Waals surface area contributed by atoms with Gasteiger partial charge in [-0.2, -0.15) is 0 Å². The summed E-state index contributed by atoms with van der Waals surface area (Å²) in [5.41, 5.74) is 1.41.